The summed E-state index contributed by atoms with van der Waals surface area (Å²) in [6.45, 7) is 3.99. The van der Waals surface area contributed by atoms with E-state index in [1.54, 1.807) is 0 Å². The highest BCUT2D eigenvalue weighted by Crippen LogP contribution is 2.01. The van der Waals surface area contributed by atoms with E-state index < -0.39 is 0 Å². The van der Waals surface area contributed by atoms with Crippen LogP contribution in [0.4, 0.5) is 0 Å². The second-order valence-electron chi connectivity index (χ2n) is 3.23. The monoisotopic (exact) mass is 206 g/mol. The zero-order chi connectivity index (χ0) is 10.9. The molecule has 0 aliphatic heterocycles. The number of ether oxygens (including phenoxy) is 1. The standard InChI is InChI=1S/C12H18N2O/c1-3-4-8-15-10-12-7-5-6-11(14-12)9-13-2/h3-7,13H,8-10H2,1-2H3/b4-3+. The first-order valence-electron chi connectivity index (χ1n) is 5.15. The molecule has 0 saturated carbocycles. The maximum atomic E-state index is 5.42. The summed E-state index contributed by atoms with van der Waals surface area (Å²) in [5.41, 5.74) is 2.02. The summed E-state index contributed by atoms with van der Waals surface area (Å²) in [5.74, 6) is 0. The number of pyridine rings is 1. The predicted molar refractivity (Wildman–Crippen MR) is 61.5 cm³/mol. The van der Waals surface area contributed by atoms with Crippen LogP contribution in [0.5, 0.6) is 0 Å². The van der Waals surface area contributed by atoms with Crippen molar-refractivity contribution in [1.82, 2.24) is 10.3 Å². The Labute approximate surface area is 91.2 Å². The molecule has 3 heteroatoms. The Hall–Kier alpha value is -1.19. The Kier molecular flexibility index (Phi) is 5.66. The van der Waals surface area contributed by atoms with Gasteiger partial charge < -0.3 is 10.1 Å². The molecule has 0 aliphatic rings. The molecule has 0 atom stereocenters. The average Bonchev–Trinajstić information content (AvgIpc) is 2.26. The quantitative estimate of drug-likeness (QED) is 0.570. The van der Waals surface area contributed by atoms with Gasteiger partial charge in [-0.15, -0.1) is 0 Å². The number of aromatic nitrogens is 1. The van der Waals surface area contributed by atoms with Crippen LogP contribution >= 0.6 is 0 Å². The summed E-state index contributed by atoms with van der Waals surface area (Å²) in [6, 6.07) is 5.99. The van der Waals surface area contributed by atoms with Gasteiger partial charge in [0.1, 0.15) is 0 Å². The highest BCUT2D eigenvalue weighted by Gasteiger charge is 1.96. The molecule has 1 aromatic rings. The zero-order valence-electron chi connectivity index (χ0n) is 9.36. The fraction of sp³-hybridized carbons (Fsp3) is 0.417. The molecule has 0 aliphatic carbocycles. The molecule has 3 nitrogen and oxygen atoms in total. The summed E-state index contributed by atoms with van der Waals surface area (Å²) in [6.07, 6.45) is 3.96. The molecule has 1 aromatic heterocycles. The third kappa shape index (κ3) is 4.72. The second-order valence-corrected chi connectivity index (χ2v) is 3.23. The Morgan fingerprint density at radius 1 is 1.40 bits per heavy atom. The van der Waals surface area contributed by atoms with Gasteiger partial charge in [0, 0.05) is 6.54 Å². The lowest BCUT2D eigenvalue weighted by Gasteiger charge is -2.04. The van der Waals surface area contributed by atoms with Gasteiger partial charge in [-0.25, -0.2) is 0 Å². The van der Waals surface area contributed by atoms with Crippen molar-refractivity contribution >= 4 is 0 Å². The van der Waals surface area contributed by atoms with Crippen LogP contribution in [0, 0.1) is 0 Å². The molecule has 0 spiro atoms. The van der Waals surface area contributed by atoms with Crippen LogP contribution in [0.25, 0.3) is 0 Å². The third-order valence-electron chi connectivity index (χ3n) is 1.92. The fourth-order valence-corrected chi connectivity index (χ4v) is 1.22. The van der Waals surface area contributed by atoms with Gasteiger partial charge >= 0.3 is 0 Å². The van der Waals surface area contributed by atoms with Crippen molar-refractivity contribution in [1.29, 1.82) is 0 Å². The van der Waals surface area contributed by atoms with Crippen LogP contribution < -0.4 is 5.32 Å². The molecule has 0 aromatic carbocycles. The minimum absolute atomic E-state index is 0.571. The summed E-state index contributed by atoms with van der Waals surface area (Å²) in [5, 5.41) is 3.07. The minimum Gasteiger partial charge on any atom is -0.371 e. The summed E-state index contributed by atoms with van der Waals surface area (Å²) < 4.78 is 5.42. The second kappa shape index (κ2) is 7.15. The molecular formula is C12H18N2O. The topological polar surface area (TPSA) is 34.1 Å². The van der Waals surface area contributed by atoms with Crippen molar-refractivity contribution < 1.29 is 4.74 Å². The van der Waals surface area contributed by atoms with Crippen LogP contribution in [0.2, 0.25) is 0 Å². The molecule has 15 heavy (non-hydrogen) atoms. The van der Waals surface area contributed by atoms with Gasteiger partial charge in [-0.05, 0) is 26.1 Å². The first kappa shape index (κ1) is 11.9. The maximum Gasteiger partial charge on any atom is 0.0892 e. The van der Waals surface area contributed by atoms with Crippen LogP contribution in [-0.2, 0) is 17.9 Å². The van der Waals surface area contributed by atoms with Crippen molar-refractivity contribution in [3.63, 3.8) is 0 Å². The SMILES string of the molecule is C/C=C/COCc1cccc(CNC)n1. The van der Waals surface area contributed by atoms with Crippen molar-refractivity contribution in [3.05, 3.63) is 41.7 Å². The van der Waals surface area contributed by atoms with Crippen LogP contribution in [0.1, 0.15) is 18.3 Å². The summed E-state index contributed by atoms with van der Waals surface area (Å²) in [4.78, 5) is 4.45. The highest BCUT2D eigenvalue weighted by atomic mass is 16.5. The Morgan fingerprint density at radius 3 is 2.93 bits per heavy atom. The Balaban J connectivity index is 2.42. The van der Waals surface area contributed by atoms with Gasteiger partial charge in [0.15, 0.2) is 0 Å². The van der Waals surface area contributed by atoms with Gasteiger partial charge in [-0.2, -0.15) is 0 Å². The molecule has 1 rings (SSSR count). The van der Waals surface area contributed by atoms with Crippen molar-refractivity contribution in [2.45, 2.75) is 20.1 Å². The number of hydrogen-bond acceptors (Lipinski definition) is 3. The molecule has 0 radical (unpaired) electrons. The lowest BCUT2D eigenvalue weighted by Crippen LogP contribution is -2.08. The first-order chi connectivity index (χ1) is 7.36. The average molecular weight is 206 g/mol. The van der Waals surface area contributed by atoms with Gasteiger partial charge in [-0.3, -0.25) is 4.98 Å². The van der Waals surface area contributed by atoms with E-state index in [9.17, 15) is 0 Å². The number of hydrogen-bond donors (Lipinski definition) is 1. The van der Waals surface area contributed by atoms with Gasteiger partial charge in [0.2, 0.25) is 0 Å². The smallest absolute Gasteiger partial charge is 0.0892 e. The number of nitrogens with zero attached hydrogens (tertiary/aromatic N) is 1. The number of nitrogens with one attached hydrogen (secondary N) is 1. The lowest BCUT2D eigenvalue weighted by molar-refractivity contribution is 0.145. The van der Waals surface area contributed by atoms with Crippen molar-refractivity contribution in [3.8, 4) is 0 Å². The molecule has 1 N–H and O–H groups in total. The lowest BCUT2D eigenvalue weighted by atomic mass is 10.3. The maximum absolute atomic E-state index is 5.42. The van der Waals surface area contributed by atoms with E-state index in [4.69, 9.17) is 4.74 Å². The van der Waals surface area contributed by atoms with E-state index >= 15 is 0 Å². The molecule has 0 amide bonds. The van der Waals surface area contributed by atoms with Gasteiger partial charge in [0.25, 0.3) is 0 Å². The van der Waals surface area contributed by atoms with E-state index in [-0.39, 0.29) is 0 Å². The summed E-state index contributed by atoms with van der Waals surface area (Å²) >= 11 is 0. The van der Waals surface area contributed by atoms with Crippen molar-refractivity contribution in [2.24, 2.45) is 0 Å². The van der Waals surface area contributed by atoms with Crippen molar-refractivity contribution in [2.75, 3.05) is 13.7 Å². The van der Waals surface area contributed by atoms with Crippen LogP contribution in [0.15, 0.2) is 30.4 Å². The van der Waals surface area contributed by atoms with E-state index in [1.165, 1.54) is 0 Å². The fourth-order valence-electron chi connectivity index (χ4n) is 1.22. The largest absolute Gasteiger partial charge is 0.371 e. The van der Waals surface area contributed by atoms with E-state index in [0.29, 0.717) is 13.2 Å². The molecule has 1 heterocycles. The predicted octanol–water partition coefficient (Wildman–Crippen LogP) is 1.89. The Morgan fingerprint density at radius 2 is 2.20 bits per heavy atom. The van der Waals surface area contributed by atoms with E-state index in [0.717, 1.165) is 17.9 Å². The molecule has 0 bridgehead atoms. The third-order valence-corrected chi connectivity index (χ3v) is 1.92. The molecular weight excluding hydrogens is 188 g/mol. The van der Waals surface area contributed by atoms with Crippen LogP contribution in [0.3, 0.4) is 0 Å². The van der Waals surface area contributed by atoms with Gasteiger partial charge in [0.05, 0.1) is 24.6 Å². The normalized spacial score (nSPS) is 11.1. The minimum atomic E-state index is 0.571. The first-order valence-corrected chi connectivity index (χ1v) is 5.15. The van der Waals surface area contributed by atoms with Gasteiger partial charge in [-0.1, -0.05) is 18.2 Å². The van der Waals surface area contributed by atoms with Crippen LogP contribution in [-0.4, -0.2) is 18.6 Å². The Bertz CT molecular complexity index is 310. The summed E-state index contributed by atoms with van der Waals surface area (Å²) in [7, 11) is 1.91. The van der Waals surface area contributed by atoms with E-state index in [2.05, 4.69) is 10.3 Å². The zero-order valence-corrected chi connectivity index (χ0v) is 9.36. The highest BCUT2D eigenvalue weighted by molar-refractivity contribution is 5.10. The molecule has 0 fully saturated rings. The molecule has 0 saturated heterocycles. The number of rotatable bonds is 6. The number of allylic oxidation sites excluding steroid dienone is 1. The van der Waals surface area contributed by atoms with E-state index in [1.807, 2.05) is 44.3 Å². The molecule has 82 valence electrons. The molecule has 0 unspecified atom stereocenters.